The van der Waals surface area contributed by atoms with Crippen LogP contribution in [-0.4, -0.2) is 5.38 Å². The third-order valence-corrected chi connectivity index (χ3v) is 3.33. The molecule has 0 nitrogen and oxygen atoms in total. The number of thiophene rings is 1. The first-order chi connectivity index (χ1) is 6.18. The fraction of sp³-hybridized carbons (Fsp3) is 0.636. The molecule has 0 radical (unpaired) electrons. The van der Waals surface area contributed by atoms with Crippen molar-refractivity contribution >= 4 is 22.9 Å². The molecule has 0 saturated heterocycles. The van der Waals surface area contributed by atoms with Crippen molar-refractivity contribution in [3.63, 3.8) is 0 Å². The summed E-state index contributed by atoms with van der Waals surface area (Å²) in [6.07, 6.45) is 3.41. The maximum absolute atomic E-state index is 6.22. The van der Waals surface area contributed by atoms with Gasteiger partial charge in [-0.05, 0) is 36.6 Å². The first kappa shape index (κ1) is 11.1. The Bertz CT molecular complexity index is 216. The summed E-state index contributed by atoms with van der Waals surface area (Å²) in [5, 5.41) is 2.43. The normalized spacial score (nSPS) is 13.5. The van der Waals surface area contributed by atoms with Gasteiger partial charge in [-0.25, -0.2) is 0 Å². The van der Waals surface area contributed by atoms with Crippen LogP contribution < -0.4 is 0 Å². The van der Waals surface area contributed by atoms with Crippen molar-refractivity contribution in [3.8, 4) is 0 Å². The number of rotatable bonds is 5. The molecule has 1 aromatic rings. The van der Waals surface area contributed by atoms with E-state index in [2.05, 4.69) is 31.4 Å². The van der Waals surface area contributed by atoms with E-state index < -0.39 is 0 Å². The highest BCUT2D eigenvalue weighted by Gasteiger charge is 2.07. The summed E-state index contributed by atoms with van der Waals surface area (Å²) in [7, 11) is 0. The zero-order valence-electron chi connectivity index (χ0n) is 8.29. The van der Waals surface area contributed by atoms with Crippen LogP contribution in [0.25, 0.3) is 0 Å². The van der Waals surface area contributed by atoms with Crippen LogP contribution in [0, 0.1) is 5.92 Å². The van der Waals surface area contributed by atoms with Gasteiger partial charge in [0.15, 0.2) is 0 Å². The summed E-state index contributed by atoms with van der Waals surface area (Å²) in [5.74, 6) is 0.768. The second kappa shape index (κ2) is 5.66. The Labute approximate surface area is 89.9 Å². The third kappa shape index (κ3) is 4.68. The molecular formula is C11H17ClS. The maximum Gasteiger partial charge on any atom is 0.0384 e. The van der Waals surface area contributed by atoms with Crippen molar-refractivity contribution in [2.75, 3.05) is 0 Å². The van der Waals surface area contributed by atoms with Gasteiger partial charge in [-0.15, -0.1) is 22.9 Å². The Morgan fingerprint density at radius 2 is 2.15 bits per heavy atom. The molecule has 1 unspecified atom stereocenters. The van der Waals surface area contributed by atoms with Crippen LogP contribution in [-0.2, 0) is 6.42 Å². The summed E-state index contributed by atoms with van der Waals surface area (Å²) < 4.78 is 0. The Kier molecular flexibility index (Phi) is 4.82. The van der Waals surface area contributed by atoms with Crippen LogP contribution in [0.1, 0.15) is 31.6 Å². The lowest BCUT2D eigenvalue weighted by Gasteiger charge is -2.09. The molecule has 0 amide bonds. The Hall–Kier alpha value is -0.0100. The topological polar surface area (TPSA) is 0 Å². The fourth-order valence-electron chi connectivity index (χ4n) is 1.26. The van der Waals surface area contributed by atoms with E-state index in [1.807, 2.05) is 0 Å². The molecule has 74 valence electrons. The van der Waals surface area contributed by atoms with Crippen LogP contribution in [0.4, 0.5) is 0 Å². The average molecular weight is 217 g/mol. The van der Waals surface area contributed by atoms with Crippen molar-refractivity contribution in [3.05, 3.63) is 22.4 Å². The number of hydrogen-bond donors (Lipinski definition) is 0. The van der Waals surface area contributed by atoms with Gasteiger partial charge in [-0.3, -0.25) is 0 Å². The highest BCUT2D eigenvalue weighted by Crippen LogP contribution is 2.18. The van der Waals surface area contributed by atoms with Crippen LogP contribution in [0.5, 0.6) is 0 Å². The molecule has 1 aromatic heterocycles. The van der Waals surface area contributed by atoms with Crippen LogP contribution >= 0.6 is 22.9 Å². The zero-order valence-corrected chi connectivity index (χ0v) is 9.87. The number of halogens is 1. The maximum atomic E-state index is 6.22. The molecule has 0 saturated carbocycles. The van der Waals surface area contributed by atoms with E-state index in [1.54, 1.807) is 11.3 Å². The van der Waals surface area contributed by atoms with Crippen molar-refractivity contribution in [2.24, 2.45) is 5.92 Å². The van der Waals surface area contributed by atoms with E-state index in [4.69, 9.17) is 11.6 Å². The van der Waals surface area contributed by atoms with Gasteiger partial charge in [0.2, 0.25) is 0 Å². The lowest BCUT2D eigenvalue weighted by atomic mass is 10.0. The zero-order chi connectivity index (χ0) is 9.68. The summed E-state index contributed by atoms with van der Waals surface area (Å²) in [5.41, 5.74) is 0. The molecule has 1 atom stereocenters. The smallest absolute Gasteiger partial charge is 0.0384 e. The molecule has 0 aliphatic carbocycles. The predicted octanol–water partition coefficient (Wildman–Crippen LogP) is 4.33. The van der Waals surface area contributed by atoms with Gasteiger partial charge in [-0.2, -0.15) is 0 Å². The molecule has 0 N–H and O–H groups in total. The van der Waals surface area contributed by atoms with E-state index >= 15 is 0 Å². The van der Waals surface area contributed by atoms with Crippen LogP contribution in [0.15, 0.2) is 17.5 Å². The van der Waals surface area contributed by atoms with Crippen molar-refractivity contribution < 1.29 is 0 Å². The molecule has 0 bridgehead atoms. The molecule has 0 fully saturated rings. The first-order valence-corrected chi connectivity index (χ1v) is 6.16. The standard InChI is InChI=1S/C11H17ClS/c1-9(2)5-6-10(12)8-11-4-3-7-13-11/h3-4,7,9-10H,5-6,8H2,1-2H3. The molecule has 1 heterocycles. The van der Waals surface area contributed by atoms with E-state index in [1.165, 1.54) is 11.3 Å². The molecule has 0 aliphatic rings. The molecule has 0 aromatic carbocycles. The largest absolute Gasteiger partial charge is 0.149 e. The average Bonchev–Trinajstić information content (AvgIpc) is 2.53. The van der Waals surface area contributed by atoms with Gasteiger partial charge >= 0.3 is 0 Å². The van der Waals surface area contributed by atoms with Crippen molar-refractivity contribution in [1.29, 1.82) is 0 Å². The van der Waals surface area contributed by atoms with E-state index in [9.17, 15) is 0 Å². The highest BCUT2D eigenvalue weighted by atomic mass is 35.5. The van der Waals surface area contributed by atoms with Gasteiger partial charge in [0.25, 0.3) is 0 Å². The quantitative estimate of drug-likeness (QED) is 0.643. The lowest BCUT2D eigenvalue weighted by Crippen LogP contribution is -2.03. The first-order valence-electron chi connectivity index (χ1n) is 4.85. The van der Waals surface area contributed by atoms with Crippen molar-refractivity contribution in [1.82, 2.24) is 0 Å². The minimum atomic E-state index is 0.320. The third-order valence-electron chi connectivity index (χ3n) is 2.06. The fourth-order valence-corrected chi connectivity index (χ4v) is 2.43. The van der Waals surface area contributed by atoms with Gasteiger partial charge in [-0.1, -0.05) is 19.9 Å². The number of hydrogen-bond acceptors (Lipinski definition) is 1. The van der Waals surface area contributed by atoms with E-state index in [0.29, 0.717) is 5.38 Å². The monoisotopic (exact) mass is 216 g/mol. The van der Waals surface area contributed by atoms with Gasteiger partial charge < -0.3 is 0 Å². The summed E-state index contributed by atoms with van der Waals surface area (Å²) in [6, 6.07) is 4.25. The minimum absolute atomic E-state index is 0.320. The highest BCUT2D eigenvalue weighted by molar-refractivity contribution is 7.09. The Morgan fingerprint density at radius 1 is 1.38 bits per heavy atom. The lowest BCUT2D eigenvalue weighted by molar-refractivity contribution is 0.542. The van der Waals surface area contributed by atoms with Gasteiger partial charge in [0, 0.05) is 10.3 Å². The summed E-state index contributed by atoms with van der Waals surface area (Å²) >= 11 is 8.02. The second-order valence-corrected chi connectivity index (χ2v) is 5.50. The summed E-state index contributed by atoms with van der Waals surface area (Å²) in [6.45, 7) is 4.49. The van der Waals surface area contributed by atoms with E-state index in [-0.39, 0.29) is 0 Å². The SMILES string of the molecule is CC(C)CCC(Cl)Cc1cccs1. The minimum Gasteiger partial charge on any atom is -0.149 e. The molecular weight excluding hydrogens is 200 g/mol. The molecule has 2 heteroatoms. The second-order valence-electron chi connectivity index (χ2n) is 3.85. The van der Waals surface area contributed by atoms with Crippen LogP contribution in [0.3, 0.4) is 0 Å². The number of alkyl halides is 1. The van der Waals surface area contributed by atoms with Gasteiger partial charge in [0.1, 0.15) is 0 Å². The molecule has 1 rings (SSSR count). The van der Waals surface area contributed by atoms with Crippen LogP contribution in [0.2, 0.25) is 0 Å². The molecule has 0 spiro atoms. The molecule has 0 aliphatic heterocycles. The predicted molar refractivity (Wildman–Crippen MR) is 61.7 cm³/mol. The Morgan fingerprint density at radius 3 is 2.69 bits per heavy atom. The van der Waals surface area contributed by atoms with Crippen molar-refractivity contribution in [2.45, 2.75) is 38.5 Å². The van der Waals surface area contributed by atoms with Gasteiger partial charge in [0.05, 0.1) is 0 Å². The Balaban J connectivity index is 2.22. The summed E-state index contributed by atoms with van der Waals surface area (Å²) in [4.78, 5) is 1.41. The van der Waals surface area contributed by atoms with E-state index in [0.717, 1.165) is 18.8 Å². The molecule has 13 heavy (non-hydrogen) atoms.